The van der Waals surface area contributed by atoms with Gasteiger partial charge < -0.3 is 5.32 Å². The van der Waals surface area contributed by atoms with Crippen LogP contribution in [-0.4, -0.2) is 12.6 Å². The molecule has 0 spiro atoms. The Morgan fingerprint density at radius 2 is 1.71 bits per heavy atom. The highest BCUT2D eigenvalue weighted by Crippen LogP contribution is 2.33. The van der Waals surface area contributed by atoms with Crippen molar-refractivity contribution in [2.45, 2.75) is 63.8 Å². The summed E-state index contributed by atoms with van der Waals surface area (Å²) in [7, 11) is 0. The van der Waals surface area contributed by atoms with Crippen LogP contribution in [0.4, 0.5) is 0 Å². The smallest absolute Gasteiger partial charge is 0.0438 e. The average molecular weight is 306 g/mol. The fourth-order valence-corrected chi connectivity index (χ4v) is 3.95. The molecule has 0 amide bonds. The molecule has 1 aromatic carbocycles. The summed E-state index contributed by atoms with van der Waals surface area (Å²) >= 11 is 6.39. The van der Waals surface area contributed by atoms with E-state index in [-0.39, 0.29) is 0 Å². The average Bonchev–Trinajstić information content (AvgIpc) is 3.32. The van der Waals surface area contributed by atoms with Gasteiger partial charge in [-0.1, -0.05) is 68.3 Å². The lowest BCUT2D eigenvalue weighted by Crippen LogP contribution is -2.31. The van der Waals surface area contributed by atoms with Crippen LogP contribution in [0.25, 0.3) is 0 Å². The van der Waals surface area contributed by atoms with Crippen LogP contribution in [0.1, 0.15) is 56.9 Å². The molecular weight excluding hydrogens is 278 g/mol. The molecule has 2 saturated carbocycles. The predicted octanol–water partition coefficient (Wildman–Crippen LogP) is 5.22. The number of nitrogens with one attached hydrogen (secondary N) is 1. The molecule has 1 aromatic rings. The number of hydrogen-bond donors (Lipinski definition) is 1. The number of halogens is 1. The fourth-order valence-electron chi connectivity index (χ4n) is 3.74. The van der Waals surface area contributed by atoms with Crippen molar-refractivity contribution in [3.63, 3.8) is 0 Å². The lowest BCUT2D eigenvalue weighted by atomic mass is 9.82. The standard InChI is InChI=1S/C19H28ClN/c20-19-10-6-5-9-16(19)13-17(14-21-18-11-12-18)15-7-3-1-2-4-8-15/h5-6,9-10,15,17-18,21H,1-4,7-8,11-14H2. The van der Waals surface area contributed by atoms with Gasteiger partial charge in [0.1, 0.15) is 0 Å². The van der Waals surface area contributed by atoms with E-state index in [1.165, 1.54) is 63.5 Å². The van der Waals surface area contributed by atoms with E-state index >= 15 is 0 Å². The van der Waals surface area contributed by atoms with Crippen molar-refractivity contribution < 1.29 is 0 Å². The second-order valence-corrected chi connectivity index (χ2v) is 7.40. The van der Waals surface area contributed by atoms with Crippen molar-refractivity contribution in [2.24, 2.45) is 11.8 Å². The Balaban J connectivity index is 1.66. The zero-order valence-corrected chi connectivity index (χ0v) is 13.7. The number of rotatable bonds is 6. The SMILES string of the molecule is Clc1ccccc1CC(CNC1CC1)C1CCCCCC1. The molecule has 0 saturated heterocycles. The highest BCUT2D eigenvalue weighted by atomic mass is 35.5. The fraction of sp³-hybridized carbons (Fsp3) is 0.684. The van der Waals surface area contributed by atoms with E-state index < -0.39 is 0 Å². The van der Waals surface area contributed by atoms with Gasteiger partial charge >= 0.3 is 0 Å². The third-order valence-electron chi connectivity index (χ3n) is 5.25. The van der Waals surface area contributed by atoms with Crippen LogP contribution in [0.2, 0.25) is 5.02 Å². The molecule has 3 rings (SSSR count). The summed E-state index contributed by atoms with van der Waals surface area (Å²) < 4.78 is 0. The Morgan fingerprint density at radius 1 is 1.00 bits per heavy atom. The van der Waals surface area contributed by atoms with Crippen molar-refractivity contribution in [1.82, 2.24) is 5.32 Å². The Kier molecular flexibility index (Phi) is 5.60. The first-order chi connectivity index (χ1) is 10.3. The van der Waals surface area contributed by atoms with Crippen LogP contribution in [0.5, 0.6) is 0 Å². The first-order valence-corrected chi connectivity index (χ1v) is 9.17. The summed E-state index contributed by atoms with van der Waals surface area (Å²) in [5.74, 6) is 1.64. The molecule has 0 radical (unpaired) electrons. The van der Waals surface area contributed by atoms with E-state index in [0.717, 1.165) is 29.3 Å². The Hall–Kier alpha value is -0.530. The van der Waals surface area contributed by atoms with Gasteiger partial charge in [0.15, 0.2) is 0 Å². The molecule has 2 fully saturated rings. The summed E-state index contributed by atoms with van der Waals surface area (Å²) in [5.41, 5.74) is 1.34. The normalized spacial score (nSPS) is 22.0. The van der Waals surface area contributed by atoms with E-state index in [1.807, 2.05) is 12.1 Å². The van der Waals surface area contributed by atoms with Gasteiger partial charge in [0.05, 0.1) is 0 Å². The zero-order chi connectivity index (χ0) is 14.5. The molecule has 116 valence electrons. The minimum absolute atomic E-state index is 0.753. The van der Waals surface area contributed by atoms with Crippen molar-refractivity contribution in [3.05, 3.63) is 34.9 Å². The molecule has 0 aromatic heterocycles. The molecule has 2 aliphatic carbocycles. The van der Waals surface area contributed by atoms with Gasteiger partial charge in [0, 0.05) is 11.1 Å². The molecule has 1 atom stereocenters. The highest BCUT2D eigenvalue weighted by molar-refractivity contribution is 6.31. The number of benzene rings is 1. The summed E-state index contributed by atoms with van der Waals surface area (Å²) in [6.07, 6.45) is 12.5. The Bertz CT molecular complexity index is 433. The van der Waals surface area contributed by atoms with Gasteiger partial charge in [-0.15, -0.1) is 0 Å². The lowest BCUT2D eigenvalue weighted by Gasteiger charge is -2.27. The summed E-state index contributed by atoms with van der Waals surface area (Å²) in [6.45, 7) is 1.18. The summed E-state index contributed by atoms with van der Waals surface area (Å²) in [5, 5.41) is 4.72. The minimum atomic E-state index is 0.753. The molecule has 1 unspecified atom stereocenters. The minimum Gasteiger partial charge on any atom is -0.314 e. The third-order valence-corrected chi connectivity index (χ3v) is 5.62. The van der Waals surface area contributed by atoms with Gasteiger partial charge in [0.2, 0.25) is 0 Å². The molecule has 2 aliphatic rings. The van der Waals surface area contributed by atoms with Gasteiger partial charge in [-0.25, -0.2) is 0 Å². The Morgan fingerprint density at radius 3 is 2.38 bits per heavy atom. The van der Waals surface area contributed by atoms with E-state index in [4.69, 9.17) is 11.6 Å². The van der Waals surface area contributed by atoms with Crippen LogP contribution < -0.4 is 5.32 Å². The van der Waals surface area contributed by atoms with Crippen LogP contribution >= 0.6 is 11.6 Å². The molecule has 1 N–H and O–H groups in total. The third kappa shape index (κ3) is 4.72. The zero-order valence-electron chi connectivity index (χ0n) is 13.0. The molecule has 0 bridgehead atoms. The highest BCUT2D eigenvalue weighted by Gasteiger charge is 2.27. The van der Waals surface area contributed by atoms with Crippen LogP contribution in [0, 0.1) is 11.8 Å². The van der Waals surface area contributed by atoms with Crippen molar-refractivity contribution >= 4 is 11.6 Å². The molecule has 0 heterocycles. The molecule has 21 heavy (non-hydrogen) atoms. The van der Waals surface area contributed by atoms with Crippen molar-refractivity contribution in [1.29, 1.82) is 0 Å². The maximum atomic E-state index is 6.39. The van der Waals surface area contributed by atoms with Gasteiger partial charge in [-0.2, -0.15) is 0 Å². The van der Waals surface area contributed by atoms with Crippen LogP contribution in [-0.2, 0) is 6.42 Å². The van der Waals surface area contributed by atoms with E-state index in [9.17, 15) is 0 Å². The lowest BCUT2D eigenvalue weighted by molar-refractivity contribution is 0.284. The number of hydrogen-bond acceptors (Lipinski definition) is 1. The molecule has 1 nitrogen and oxygen atoms in total. The van der Waals surface area contributed by atoms with E-state index in [1.54, 1.807) is 0 Å². The molecule has 0 aliphatic heterocycles. The van der Waals surface area contributed by atoms with Crippen molar-refractivity contribution in [2.75, 3.05) is 6.54 Å². The first kappa shape index (κ1) is 15.4. The van der Waals surface area contributed by atoms with Crippen LogP contribution in [0.15, 0.2) is 24.3 Å². The topological polar surface area (TPSA) is 12.0 Å². The first-order valence-electron chi connectivity index (χ1n) is 8.79. The second kappa shape index (κ2) is 7.65. The van der Waals surface area contributed by atoms with E-state index in [2.05, 4.69) is 17.4 Å². The van der Waals surface area contributed by atoms with Gasteiger partial charge in [0.25, 0.3) is 0 Å². The van der Waals surface area contributed by atoms with Gasteiger partial charge in [-0.3, -0.25) is 0 Å². The second-order valence-electron chi connectivity index (χ2n) is 6.99. The maximum Gasteiger partial charge on any atom is 0.0438 e. The summed E-state index contributed by atoms with van der Waals surface area (Å²) in [6, 6.07) is 9.22. The monoisotopic (exact) mass is 305 g/mol. The van der Waals surface area contributed by atoms with Crippen LogP contribution in [0.3, 0.4) is 0 Å². The Labute approximate surface area is 134 Å². The molecular formula is C19H28ClN. The maximum absolute atomic E-state index is 6.39. The largest absolute Gasteiger partial charge is 0.314 e. The van der Waals surface area contributed by atoms with Gasteiger partial charge in [-0.05, 0) is 49.3 Å². The quantitative estimate of drug-likeness (QED) is 0.710. The van der Waals surface area contributed by atoms with E-state index in [0.29, 0.717) is 0 Å². The summed E-state index contributed by atoms with van der Waals surface area (Å²) in [4.78, 5) is 0. The molecule has 2 heteroatoms. The predicted molar refractivity (Wildman–Crippen MR) is 90.9 cm³/mol. The van der Waals surface area contributed by atoms with Crippen molar-refractivity contribution in [3.8, 4) is 0 Å².